The van der Waals surface area contributed by atoms with Gasteiger partial charge in [-0.2, -0.15) is 0 Å². The van der Waals surface area contributed by atoms with Crippen LogP contribution < -0.4 is 14.8 Å². The lowest BCUT2D eigenvalue weighted by molar-refractivity contribution is 0.192. The van der Waals surface area contributed by atoms with Crippen molar-refractivity contribution in [2.24, 2.45) is 0 Å². The van der Waals surface area contributed by atoms with Crippen molar-refractivity contribution in [3.8, 4) is 11.5 Å². The number of ether oxygens (including phenoxy) is 2. The maximum atomic E-state index is 12.4. The standard InChI is InChI=1S/C18H22N2O3S/c1-22-16-10-13-6-8-20(12-14(13)11-17(16)23-2)18(21)19-7-5-15-4-3-9-24-15/h3-4,9-11H,5-8,12H2,1-2H3,(H,19,21). The molecule has 0 aliphatic carbocycles. The minimum atomic E-state index is -0.00742. The second-order valence-corrected chi connectivity index (χ2v) is 6.74. The summed E-state index contributed by atoms with van der Waals surface area (Å²) in [6, 6.07) is 8.10. The monoisotopic (exact) mass is 346 g/mol. The van der Waals surface area contributed by atoms with Crippen LogP contribution in [0.2, 0.25) is 0 Å². The van der Waals surface area contributed by atoms with Gasteiger partial charge in [-0.05, 0) is 47.5 Å². The van der Waals surface area contributed by atoms with Crippen molar-refractivity contribution in [3.63, 3.8) is 0 Å². The number of nitrogens with one attached hydrogen (secondary N) is 1. The highest BCUT2D eigenvalue weighted by Gasteiger charge is 2.22. The van der Waals surface area contributed by atoms with Crippen LogP contribution in [0.5, 0.6) is 11.5 Å². The number of amides is 2. The third-order valence-corrected chi connectivity index (χ3v) is 5.17. The lowest BCUT2D eigenvalue weighted by Gasteiger charge is -2.29. The molecular weight excluding hydrogens is 324 g/mol. The number of methoxy groups -OCH3 is 2. The number of urea groups is 1. The average molecular weight is 346 g/mol. The van der Waals surface area contributed by atoms with E-state index in [1.807, 2.05) is 23.1 Å². The highest BCUT2D eigenvalue weighted by molar-refractivity contribution is 7.09. The van der Waals surface area contributed by atoms with Crippen LogP contribution in [-0.2, 0) is 19.4 Å². The minimum Gasteiger partial charge on any atom is -0.493 e. The fraction of sp³-hybridized carbons (Fsp3) is 0.389. The van der Waals surface area contributed by atoms with Gasteiger partial charge in [-0.15, -0.1) is 11.3 Å². The Bertz CT molecular complexity index is 701. The lowest BCUT2D eigenvalue weighted by Crippen LogP contribution is -2.43. The number of carbonyl (C=O) groups is 1. The van der Waals surface area contributed by atoms with E-state index < -0.39 is 0 Å². The first-order valence-electron chi connectivity index (χ1n) is 8.00. The summed E-state index contributed by atoms with van der Waals surface area (Å²) >= 11 is 1.72. The van der Waals surface area contributed by atoms with Gasteiger partial charge in [0.1, 0.15) is 0 Å². The van der Waals surface area contributed by atoms with Gasteiger partial charge in [-0.1, -0.05) is 6.07 Å². The molecule has 5 nitrogen and oxygen atoms in total. The van der Waals surface area contributed by atoms with Crippen molar-refractivity contribution in [1.82, 2.24) is 10.2 Å². The zero-order chi connectivity index (χ0) is 16.9. The van der Waals surface area contributed by atoms with Crippen molar-refractivity contribution in [3.05, 3.63) is 45.6 Å². The Labute approximate surface area is 146 Å². The van der Waals surface area contributed by atoms with E-state index in [9.17, 15) is 4.79 Å². The van der Waals surface area contributed by atoms with Gasteiger partial charge in [0.05, 0.1) is 14.2 Å². The van der Waals surface area contributed by atoms with Crippen molar-refractivity contribution in [1.29, 1.82) is 0 Å². The number of rotatable bonds is 5. The van der Waals surface area contributed by atoms with Crippen LogP contribution in [0.25, 0.3) is 0 Å². The van der Waals surface area contributed by atoms with Crippen LogP contribution in [0.3, 0.4) is 0 Å². The Balaban J connectivity index is 1.60. The van der Waals surface area contributed by atoms with Crippen molar-refractivity contribution >= 4 is 17.4 Å². The molecule has 0 spiro atoms. The molecule has 2 amide bonds. The Hall–Kier alpha value is -2.21. The Morgan fingerprint density at radius 2 is 2.00 bits per heavy atom. The van der Waals surface area contributed by atoms with E-state index in [0.717, 1.165) is 24.2 Å². The molecule has 128 valence electrons. The van der Waals surface area contributed by atoms with Crippen LogP contribution in [0, 0.1) is 0 Å². The van der Waals surface area contributed by atoms with E-state index in [1.54, 1.807) is 25.6 Å². The molecule has 2 heterocycles. The molecule has 1 aromatic carbocycles. The molecule has 1 aromatic heterocycles. The summed E-state index contributed by atoms with van der Waals surface area (Å²) in [7, 11) is 3.27. The fourth-order valence-electron chi connectivity index (χ4n) is 2.92. The molecule has 6 heteroatoms. The number of thiophene rings is 1. The van der Waals surface area contributed by atoms with Crippen molar-refractivity contribution in [2.75, 3.05) is 27.3 Å². The summed E-state index contributed by atoms with van der Waals surface area (Å²) in [6.45, 7) is 1.97. The van der Waals surface area contributed by atoms with Gasteiger partial charge in [0.2, 0.25) is 0 Å². The summed E-state index contributed by atoms with van der Waals surface area (Å²) < 4.78 is 10.7. The molecule has 0 fully saturated rings. The molecule has 1 aliphatic rings. The van der Waals surface area contributed by atoms with E-state index in [-0.39, 0.29) is 6.03 Å². The first-order chi connectivity index (χ1) is 11.7. The molecular formula is C18H22N2O3S. The zero-order valence-electron chi connectivity index (χ0n) is 14.0. The van der Waals surface area contributed by atoms with Gasteiger partial charge in [-0.3, -0.25) is 0 Å². The number of nitrogens with zero attached hydrogens (tertiary/aromatic N) is 1. The van der Waals surface area contributed by atoms with Crippen LogP contribution in [0.4, 0.5) is 4.79 Å². The largest absolute Gasteiger partial charge is 0.493 e. The Morgan fingerprint density at radius 1 is 1.25 bits per heavy atom. The van der Waals surface area contributed by atoms with Gasteiger partial charge in [0.25, 0.3) is 0 Å². The van der Waals surface area contributed by atoms with Crippen molar-refractivity contribution in [2.45, 2.75) is 19.4 Å². The Kier molecular flexibility index (Phi) is 5.25. The molecule has 2 aromatic rings. The van der Waals surface area contributed by atoms with Gasteiger partial charge in [-0.25, -0.2) is 4.79 Å². The zero-order valence-corrected chi connectivity index (χ0v) is 14.8. The summed E-state index contributed by atoms with van der Waals surface area (Å²) in [5, 5.41) is 5.07. The number of hydrogen-bond donors (Lipinski definition) is 1. The number of hydrogen-bond acceptors (Lipinski definition) is 4. The average Bonchev–Trinajstić information content (AvgIpc) is 3.13. The topological polar surface area (TPSA) is 50.8 Å². The third-order valence-electron chi connectivity index (χ3n) is 4.23. The molecule has 0 radical (unpaired) electrons. The normalized spacial score (nSPS) is 13.3. The third kappa shape index (κ3) is 3.64. The summed E-state index contributed by atoms with van der Waals surface area (Å²) in [5.74, 6) is 1.45. The summed E-state index contributed by atoms with van der Waals surface area (Å²) in [4.78, 5) is 15.5. The van der Waals surface area contributed by atoms with E-state index in [1.165, 1.54) is 10.4 Å². The van der Waals surface area contributed by atoms with E-state index >= 15 is 0 Å². The van der Waals surface area contributed by atoms with Crippen LogP contribution in [0.15, 0.2) is 29.6 Å². The number of benzene rings is 1. The highest BCUT2D eigenvalue weighted by Crippen LogP contribution is 2.33. The van der Waals surface area contributed by atoms with Gasteiger partial charge in [0.15, 0.2) is 11.5 Å². The van der Waals surface area contributed by atoms with E-state index in [2.05, 4.69) is 16.8 Å². The second kappa shape index (κ2) is 7.57. The molecule has 24 heavy (non-hydrogen) atoms. The molecule has 0 saturated heterocycles. The van der Waals surface area contributed by atoms with Crippen molar-refractivity contribution < 1.29 is 14.3 Å². The second-order valence-electron chi connectivity index (χ2n) is 5.71. The molecule has 0 unspecified atom stereocenters. The summed E-state index contributed by atoms with van der Waals surface area (Å²) in [5.41, 5.74) is 2.34. The first-order valence-corrected chi connectivity index (χ1v) is 8.88. The predicted molar refractivity (Wildman–Crippen MR) is 95.1 cm³/mol. The molecule has 0 saturated carbocycles. The lowest BCUT2D eigenvalue weighted by atomic mass is 9.99. The van der Waals surface area contributed by atoms with Crippen LogP contribution in [0.1, 0.15) is 16.0 Å². The van der Waals surface area contributed by atoms with Gasteiger partial charge in [0, 0.05) is 24.5 Å². The van der Waals surface area contributed by atoms with Crippen LogP contribution >= 0.6 is 11.3 Å². The number of fused-ring (bicyclic) bond motifs is 1. The minimum absolute atomic E-state index is 0.00742. The SMILES string of the molecule is COc1cc2c(cc1OC)CN(C(=O)NCCc1cccs1)CC2. The molecule has 0 bridgehead atoms. The van der Waals surface area contributed by atoms with Crippen LogP contribution in [-0.4, -0.2) is 38.2 Å². The Morgan fingerprint density at radius 3 is 2.67 bits per heavy atom. The molecule has 0 atom stereocenters. The first kappa shape index (κ1) is 16.6. The molecule has 1 N–H and O–H groups in total. The van der Waals surface area contributed by atoms with Gasteiger partial charge < -0.3 is 19.7 Å². The fourth-order valence-corrected chi connectivity index (χ4v) is 3.62. The summed E-state index contributed by atoms with van der Waals surface area (Å²) in [6.07, 6.45) is 1.70. The van der Waals surface area contributed by atoms with E-state index in [4.69, 9.17) is 9.47 Å². The highest BCUT2D eigenvalue weighted by atomic mass is 32.1. The van der Waals surface area contributed by atoms with Gasteiger partial charge >= 0.3 is 6.03 Å². The maximum absolute atomic E-state index is 12.4. The quantitative estimate of drug-likeness (QED) is 0.905. The smallest absolute Gasteiger partial charge is 0.317 e. The maximum Gasteiger partial charge on any atom is 0.317 e. The number of carbonyl (C=O) groups excluding carboxylic acids is 1. The molecule has 1 aliphatic heterocycles. The predicted octanol–water partition coefficient (Wildman–Crippen LogP) is 3.08. The van der Waals surface area contributed by atoms with E-state index in [0.29, 0.717) is 25.4 Å². The molecule has 3 rings (SSSR count).